The van der Waals surface area contributed by atoms with Gasteiger partial charge in [0.25, 0.3) is 0 Å². The third-order valence-corrected chi connectivity index (χ3v) is 3.29. The minimum atomic E-state index is 0.701. The first-order valence-electron chi connectivity index (χ1n) is 6.39. The van der Waals surface area contributed by atoms with E-state index in [-0.39, 0.29) is 0 Å². The number of nitrogens with zero attached hydrogens (tertiary/aromatic N) is 2. The zero-order valence-electron chi connectivity index (χ0n) is 11.0. The molecule has 0 saturated heterocycles. The summed E-state index contributed by atoms with van der Waals surface area (Å²) in [6, 6.07) is 9.89. The topological polar surface area (TPSA) is 42.2 Å². The van der Waals surface area contributed by atoms with Gasteiger partial charge in [-0.3, -0.25) is 4.98 Å². The molecule has 0 fully saturated rings. The van der Waals surface area contributed by atoms with Gasteiger partial charge in [-0.2, -0.15) is 0 Å². The first kappa shape index (κ1) is 13.7. The zero-order chi connectivity index (χ0) is 13.7. The molecular weight excluding hydrogens is 258 g/mol. The number of halogens is 1. The second-order valence-electron chi connectivity index (χ2n) is 4.48. The Balaban J connectivity index is 2.24. The molecule has 3 nitrogen and oxygen atoms in total. The normalized spacial score (nSPS) is 10.4. The van der Waals surface area contributed by atoms with E-state index in [0.29, 0.717) is 5.02 Å². The summed E-state index contributed by atoms with van der Waals surface area (Å²) in [4.78, 5) is 6.29. The molecule has 19 heavy (non-hydrogen) atoms. The minimum Gasteiger partial charge on any atom is -0.399 e. The van der Waals surface area contributed by atoms with Crippen LogP contribution in [0.5, 0.6) is 0 Å². The third-order valence-electron chi connectivity index (χ3n) is 2.95. The summed E-state index contributed by atoms with van der Waals surface area (Å²) in [5.41, 5.74) is 8.83. The number of nitrogens with two attached hydrogens (primary N) is 1. The van der Waals surface area contributed by atoms with Crippen molar-refractivity contribution in [1.29, 1.82) is 0 Å². The van der Waals surface area contributed by atoms with Crippen LogP contribution in [-0.4, -0.2) is 11.5 Å². The molecule has 0 atom stereocenters. The van der Waals surface area contributed by atoms with Crippen molar-refractivity contribution < 1.29 is 0 Å². The van der Waals surface area contributed by atoms with E-state index < -0.39 is 0 Å². The number of benzene rings is 1. The van der Waals surface area contributed by atoms with E-state index in [1.165, 1.54) is 0 Å². The Kier molecular flexibility index (Phi) is 4.63. The Hall–Kier alpha value is -1.74. The monoisotopic (exact) mass is 275 g/mol. The van der Waals surface area contributed by atoms with Crippen LogP contribution >= 0.6 is 11.6 Å². The molecule has 2 rings (SSSR count). The van der Waals surface area contributed by atoms with Gasteiger partial charge in [-0.25, -0.2) is 0 Å². The predicted octanol–water partition coefficient (Wildman–Crippen LogP) is 3.73. The van der Waals surface area contributed by atoms with Crippen molar-refractivity contribution in [2.45, 2.75) is 19.9 Å². The van der Waals surface area contributed by atoms with Crippen LogP contribution in [0.15, 0.2) is 42.7 Å². The van der Waals surface area contributed by atoms with Gasteiger partial charge in [-0.15, -0.1) is 0 Å². The molecule has 1 aromatic heterocycles. The van der Waals surface area contributed by atoms with Gasteiger partial charge >= 0.3 is 0 Å². The molecule has 0 amide bonds. The van der Waals surface area contributed by atoms with Gasteiger partial charge in [-0.1, -0.05) is 24.6 Å². The molecule has 0 aliphatic carbocycles. The second kappa shape index (κ2) is 6.43. The highest BCUT2D eigenvalue weighted by atomic mass is 35.5. The first-order chi connectivity index (χ1) is 9.20. The lowest BCUT2D eigenvalue weighted by Gasteiger charge is -2.25. The Morgan fingerprint density at radius 2 is 2.16 bits per heavy atom. The Bertz CT molecular complexity index is 542. The molecular formula is C15H18ClN3. The summed E-state index contributed by atoms with van der Waals surface area (Å²) in [5.74, 6) is 0. The van der Waals surface area contributed by atoms with Gasteiger partial charge in [0, 0.05) is 36.9 Å². The third kappa shape index (κ3) is 3.61. The quantitative estimate of drug-likeness (QED) is 0.846. The summed E-state index contributed by atoms with van der Waals surface area (Å²) >= 11 is 6.17. The van der Waals surface area contributed by atoms with Gasteiger partial charge in [0.1, 0.15) is 0 Å². The fourth-order valence-corrected chi connectivity index (χ4v) is 2.21. The predicted molar refractivity (Wildman–Crippen MR) is 81.4 cm³/mol. The molecule has 0 aliphatic heterocycles. The Morgan fingerprint density at radius 1 is 1.32 bits per heavy atom. The number of pyridine rings is 1. The summed E-state index contributed by atoms with van der Waals surface area (Å²) < 4.78 is 0. The van der Waals surface area contributed by atoms with Gasteiger partial charge in [0.15, 0.2) is 0 Å². The van der Waals surface area contributed by atoms with E-state index in [4.69, 9.17) is 17.3 Å². The Morgan fingerprint density at radius 3 is 2.84 bits per heavy atom. The average Bonchev–Trinajstić information content (AvgIpc) is 2.40. The average molecular weight is 276 g/mol. The number of rotatable bonds is 5. The van der Waals surface area contributed by atoms with E-state index in [2.05, 4.69) is 22.9 Å². The fourth-order valence-electron chi connectivity index (χ4n) is 2.03. The highest BCUT2D eigenvalue weighted by Crippen LogP contribution is 2.22. The number of anilines is 2. The van der Waals surface area contributed by atoms with Gasteiger partial charge in [0.2, 0.25) is 0 Å². The largest absolute Gasteiger partial charge is 0.399 e. The van der Waals surface area contributed by atoms with Crippen LogP contribution in [0.4, 0.5) is 11.4 Å². The molecule has 1 aromatic carbocycles. The van der Waals surface area contributed by atoms with Crippen molar-refractivity contribution in [3.8, 4) is 0 Å². The lowest BCUT2D eigenvalue weighted by Crippen LogP contribution is -2.23. The van der Waals surface area contributed by atoms with Crippen molar-refractivity contribution in [2.75, 3.05) is 17.2 Å². The molecule has 1 heterocycles. The number of aromatic nitrogens is 1. The van der Waals surface area contributed by atoms with Crippen LogP contribution in [0.2, 0.25) is 5.02 Å². The summed E-state index contributed by atoms with van der Waals surface area (Å²) in [6.45, 7) is 3.88. The van der Waals surface area contributed by atoms with Crippen LogP contribution in [0.3, 0.4) is 0 Å². The number of hydrogen-bond donors (Lipinski definition) is 1. The standard InChI is InChI=1S/C15H18ClN3/c1-2-8-19(14-5-3-4-13(17)9-14)11-12-6-7-18-10-15(12)16/h3-7,9-10H,2,8,11,17H2,1H3. The van der Waals surface area contributed by atoms with Crippen LogP contribution in [0.25, 0.3) is 0 Å². The summed E-state index contributed by atoms with van der Waals surface area (Å²) in [6.07, 6.45) is 4.52. The number of nitrogen functional groups attached to an aromatic ring is 1. The molecule has 2 aromatic rings. The van der Waals surface area contributed by atoms with Crippen LogP contribution < -0.4 is 10.6 Å². The molecule has 0 radical (unpaired) electrons. The maximum Gasteiger partial charge on any atom is 0.0639 e. The highest BCUT2D eigenvalue weighted by molar-refractivity contribution is 6.31. The lowest BCUT2D eigenvalue weighted by atomic mass is 10.2. The molecule has 100 valence electrons. The fraction of sp³-hybridized carbons (Fsp3) is 0.267. The van der Waals surface area contributed by atoms with Crippen molar-refractivity contribution in [1.82, 2.24) is 4.98 Å². The zero-order valence-corrected chi connectivity index (χ0v) is 11.8. The molecule has 0 aliphatic rings. The van der Waals surface area contributed by atoms with Gasteiger partial charge in [-0.05, 0) is 36.2 Å². The SMILES string of the molecule is CCCN(Cc1ccncc1Cl)c1cccc(N)c1. The summed E-state index contributed by atoms with van der Waals surface area (Å²) in [7, 11) is 0. The smallest absolute Gasteiger partial charge is 0.0639 e. The molecule has 0 saturated carbocycles. The van der Waals surface area contributed by atoms with E-state index in [1.807, 2.05) is 24.3 Å². The minimum absolute atomic E-state index is 0.701. The lowest BCUT2D eigenvalue weighted by molar-refractivity contribution is 0.767. The van der Waals surface area contributed by atoms with Crippen molar-refractivity contribution in [2.24, 2.45) is 0 Å². The van der Waals surface area contributed by atoms with Crippen molar-refractivity contribution >= 4 is 23.0 Å². The Labute approximate surface area is 119 Å². The van der Waals surface area contributed by atoms with Gasteiger partial charge < -0.3 is 10.6 Å². The second-order valence-corrected chi connectivity index (χ2v) is 4.89. The van der Waals surface area contributed by atoms with Crippen molar-refractivity contribution in [3.63, 3.8) is 0 Å². The maximum absolute atomic E-state index is 6.17. The first-order valence-corrected chi connectivity index (χ1v) is 6.77. The highest BCUT2D eigenvalue weighted by Gasteiger charge is 2.09. The van der Waals surface area contributed by atoms with Crippen LogP contribution in [-0.2, 0) is 6.54 Å². The molecule has 0 unspecified atom stereocenters. The molecule has 2 N–H and O–H groups in total. The molecule has 4 heteroatoms. The van der Waals surface area contributed by atoms with E-state index in [9.17, 15) is 0 Å². The molecule has 0 spiro atoms. The van der Waals surface area contributed by atoms with E-state index in [0.717, 1.165) is 36.4 Å². The summed E-state index contributed by atoms with van der Waals surface area (Å²) in [5, 5.41) is 0.701. The maximum atomic E-state index is 6.17. The van der Waals surface area contributed by atoms with Crippen molar-refractivity contribution in [3.05, 3.63) is 53.3 Å². The van der Waals surface area contributed by atoms with E-state index in [1.54, 1.807) is 12.4 Å². The van der Waals surface area contributed by atoms with E-state index >= 15 is 0 Å². The number of hydrogen-bond acceptors (Lipinski definition) is 3. The van der Waals surface area contributed by atoms with Crippen LogP contribution in [0.1, 0.15) is 18.9 Å². The van der Waals surface area contributed by atoms with Crippen LogP contribution in [0, 0.1) is 0 Å². The molecule has 0 bridgehead atoms. The van der Waals surface area contributed by atoms with Gasteiger partial charge in [0.05, 0.1) is 5.02 Å².